The number of aromatic amines is 1. The Bertz CT molecular complexity index is 5820. The minimum absolute atomic E-state index is 0.00673. The number of rotatable bonds is 54. The Kier molecular flexibility index (Phi) is 52.3. The largest absolute Gasteiger partial charge is 0.493 e. The minimum atomic E-state index is -3.94. The zero-order valence-corrected chi connectivity index (χ0v) is 91.0. The highest BCUT2D eigenvalue weighted by Crippen LogP contribution is 2.48. The lowest BCUT2D eigenvalue weighted by molar-refractivity contribution is 0.0712. The molecule has 145 heavy (non-hydrogen) atoms. The van der Waals surface area contributed by atoms with Crippen LogP contribution in [0.4, 0.5) is 0 Å². The number of unbranched alkanes of at least 4 members (excludes halogenated alkanes) is 7. The van der Waals surface area contributed by atoms with Crippen molar-refractivity contribution in [1.29, 1.82) is 0 Å². The summed E-state index contributed by atoms with van der Waals surface area (Å²) in [4.78, 5) is 13.1. The summed E-state index contributed by atoms with van der Waals surface area (Å²) in [5.74, 6) is 4.89. The number of aryl methyl sites for hydroxylation is 1. The number of aliphatic imine (C=N–C) groups is 3. The van der Waals surface area contributed by atoms with Gasteiger partial charge in [0.15, 0.2) is 66.3 Å². The number of benzene rings is 4. The molecule has 3 saturated carbocycles. The van der Waals surface area contributed by atoms with E-state index in [4.69, 9.17) is 50.8 Å². The fourth-order valence-corrected chi connectivity index (χ4v) is 24.0. The van der Waals surface area contributed by atoms with Crippen molar-refractivity contribution >= 4 is 88.3 Å². The third-order valence-corrected chi connectivity index (χ3v) is 33.6. The van der Waals surface area contributed by atoms with Crippen LogP contribution >= 0.6 is 0 Å². The van der Waals surface area contributed by atoms with Gasteiger partial charge in [-0.2, -0.15) is 79.5 Å². The quantitative estimate of drug-likeness (QED) is 0.0127. The first-order chi connectivity index (χ1) is 68.2. The lowest BCUT2D eigenvalue weighted by Gasteiger charge is -2.35. The molecule has 3 aliphatic heterocycles. The monoisotopic (exact) mass is 2180 g/mol. The Hall–Kier alpha value is -7.79. The van der Waals surface area contributed by atoms with E-state index in [1.54, 1.807) is 28.4 Å². The highest BCUT2D eigenvalue weighted by Gasteiger charge is 2.45. The molecule has 1 aromatic heterocycles. The summed E-state index contributed by atoms with van der Waals surface area (Å²) < 4.78 is 233. The van der Waals surface area contributed by atoms with Crippen molar-refractivity contribution in [3.8, 4) is 23.0 Å². The number of aromatic nitrogens is 4. The Labute approximate surface area is 858 Å². The smallest absolute Gasteiger partial charge is 0.264 e. The number of azo groups is 3. The van der Waals surface area contributed by atoms with E-state index in [9.17, 15) is 74.2 Å². The molecule has 0 amide bonds. The van der Waals surface area contributed by atoms with Gasteiger partial charge in [-0.05, 0) is 228 Å². The minimum Gasteiger partial charge on any atom is -0.493 e. The number of H-pyrrole nitrogens is 1. The van der Waals surface area contributed by atoms with Crippen molar-refractivity contribution in [3.05, 3.63) is 125 Å². The van der Waals surface area contributed by atoms with E-state index in [-0.39, 0.29) is 92.6 Å². The number of hydrogen-bond donors (Lipinski definition) is 11. The molecule has 5 atom stereocenters. The molecular formula is C97H157N13O28S7. The molecule has 5 unspecified atom stereocenters. The molecule has 4 aliphatic carbocycles. The number of tetrazole rings is 1. The lowest BCUT2D eigenvalue weighted by atomic mass is 9.71. The predicted molar refractivity (Wildman–Crippen MR) is 557 cm³/mol. The lowest BCUT2D eigenvalue weighted by Crippen LogP contribution is -2.32. The molecule has 4 heterocycles. The summed E-state index contributed by atoms with van der Waals surface area (Å²) in [6.45, 7) is 9.52. The van der Waals surface area contributed by atoms with Crippen molar-refractivity contribution in [3.63, 3.8) is 0 Å². The molecule has 3 fully saturated rings. The SMILES string of the molecule is CC(CCCCS(=O)(=O)O)(CC1CCCC1)c1nn[nH]n1.CC(CO)(CCCCS(=O)(=O)O)Cc1ccccc1.COc1ccc(CC(C)(CCCCS(=O)(=O)O)C2=NCN=N2)cc1OC.COc1ccc(CC(C)(CO)CCCCS(=O)(=O)O)cc1OC.O=S(=O)(O)CCCCC1(C2=NCN=N2)CCCC1.O=S(=O)(O)CCCCC1(C2=NCN=N2)CCc2ccccc21.O=S(=O)(O)CCCCC1(CO)CCCCC1. The first-order valence-corrected chi connectivity index (χ1v) is 61.0. The molecule has 41 nitrogen and oxygen atoms in total. The highest BCUT2D eigenvalue weighted by molar-refractivity contribution is 7.87. The van der Waals surface area contributed by atoms with Crippen LogP contribution in [0.15, 0.2) is 137 Å². The number of aliphatic hydroxyl groups excluding tert-OH is 3. The van der Waals surface area contributed by atoms with Crippen LogP contribution in [0.2, 0.25) is 0 Å². The molecule has 7 aliphatic rings. The first kappa shape index (κ1) is 126. The fourth-order valence-electron chi connectivity index (χ4n) is 20.1. The molecule has 4 aromatic carbocycles. The fraction of sp³-hybridized carbons (Fsp3) is 0.711. The van der Waals surface area contributed by atoms with Crippen molar-refractivity contribution in [2.24, 2.45) is 78.7 Å². The molecule has 0 saturated heterocycles. The van der Waals surface area contributed by atoms with Crippen LogP contribution in [0.5, 0.6) is 23.0 Å². The average molecular weight is 2180 g/mol. The molecular weight excluding hydrogens is 2020 g/mol. The van der Waals surface area contributed by atoms with Gasteiger partial charge >= 0.3 is 0 Å². The second kappa shape index (κ2) is 60.3. The van der Waals surface area contributed by atoms with Gasteiger partial charge in [0.05, 0.1) is 74.1 Å². The van der Waals surface area contributed by atoms with Gasteiger partial charge in [-0.15, -0.1) is 25.5 Å². The Morgan fingerprint density at radius 2 is 0.800 bits per heavy atom. The van der Waals surface area contributed by atoms with Gasteiger partial charge in [0.25, 0.3) is 70.8 Å². The van der Waals surface area contributed by atoms with Gasteiger partial charge in [-0.1, -0.05) is 202 Å². The summed E-state index contributed by atoms with van der Waals surface area (Å²) in [5.41, 5.74) is 4.35. The van der Waals surface area contributed by atoms with Gasteiger partial charge in [0, 0.05) is 36.1 Å². The first-order valence-electron chi connectivity index (χ1n) is 49.8. The molecule has 12 rings (SSSR count). The van der Waals surface area contributed by atoms with Gasteiger partial charge in [0.1, 0.15) is 0 Å². The molecule has 48 heteroatoms. The zero-order chi connectivity index (χ0) is 107. The second-order valence-corrected chi connectivity index (χ2v) is 51.3. The maximum absolute atomic E-state index is 10.9. The highest BCUT2D eigenvalue weighted by atomic mass is 32.2. The van der Waals surface area contributed by atoms with Gasteiger partial charge in [0.2, 0.25) is 0 Å². The number of hydrogen-bond acceptors (Lipinski definition) is 33. The van der Waals surface area contributed by atoms with E-state index < -0.39 is 76.2 Å². The van der Waals surface area contributed by atoms with E-state index >= 15 is 0 Å². The van der Waals surface area contributed by atoms with E-state index in [0.29, 0.717) is 157 Å². The topological polar surface area (TPSA) is 644 Å². The van der Waals surface area contributed by atoms with Crippen molar-refractivity contribution in [2.45, 2.75) is 295 Å². The molecule has 5 aromatic rings. The number of fused-ring (bicyclic) bond motifs is 1. The molecule has 820 valence electrons. The average Bonchev–Trinajstić information content (AvgIpc) is 1.60. The number of ether oxygens (including phenoxy) is 4. The normalized spacial score (nSPS) is 18.7. The van der Waals surface area contributed by atoms with Gasteiger partial charge in [-0.25, -0.2) is 15.0 Å². The van der Waals surface area contributed by atoms with Crippen LogP contribution in [0, 0.1) is 33.0 Å². The molecule has 11 N–H and O–H groups in total. The summed E-state index contributed by atoms with van der Waals surface area (Å²) in [6, 6.07) is 29.6. The standard InChI is InChI=1S/C17H25N3O5S.C16H26O6S.C15H19N3O3S.C14H22O4S.C13H24N4O3S.C11H19N3O3S.C11H22O4S/c1-17(16-18-12-19-20-16,8-4-5-9-26(21,22)23)11-13-6-7-14(24-2)15(10-13)25-3;1-16(12-17,8-4-5-9-23(18,19)20)11-13-6-7-14(21-2)15(10-13)22-3;19-22(20,21)10-4-3-8-15(14-16-11-17-18-14)9-7-12-5-1-2-6-13(12)15;1-14(12-15,9-5-6-10-19(16,17)18)11-13-7-3-2-4-8-13;1-13(12-14-16-17-15-12,10-11-6-2-3-7-11)8-4-5-9-21(18,19)20;15-18(16,17)8-4-3-7-11(5-1-2-6-11)10-12-9-13-14-10;12-10-11(6-2-1-3-7-11)8-4-5-9-16(13,14)15/h6-7,10H,4-5,8-9,11-12H2,1-3H3,(H,21,22,23);6-7,10,17H,4-5,8-9,11-12H2,1-3H3,(H,18,19,20);1-2,5-6H,3-4,7-11H2,(H,19,20,21);2-4,7-8,15H,5-6,9-12H2,1H3,(H,16,17,18);11H,2-10H2,1H3,(H,18,19,20)(H,14,15,16,17);1-9H2,(H,15,16,17);12H,1-10H2,(H,13,14,15). The summed E-state index contributed by atoms with van der Waals surface area (Å²) in [5, 5.41) is 67.5. The second-order valence-electron chi connectivity index (χ2n) is 40.3. The van der Waals surface area contributed by atoms with Crippen LogP contribution in [0.25, 0.3) is 0 Å². The van der Waals surface area contributed by atoms with E-state index in [1.807, 2.05) is 99.6 Å². The zero-order valence-electron chi connectivity index (χ0n) is 85.3. The van der Waals surface area contributed by atoms with Crippen LogP contribution < -0.4 is 18.9 Å². The van der Waals surface area contributed by atoms with Crippen LogP contribution in [0.1, 0.15) is 292 Å². The Balaban J connectivity index is 0.000000260. The van der Waals surface area contributed by atoms with Crippen LogP contribution in [-0.2, 0) is 107 Å². The maximum Gasteiger partial charge on any atom is 0.264 e. The number of amidine groups is 3. The van der Waals surface area contributed by atoms with Gasteiger partial charge in [-0.3, -0.25) is 31.9 Å². The maximum atomic E-state index is 10.9. The van der Waals surface area contributed by atoms with Gasteiger partial charge < -0.3 is 34.3 Å². The van der Waals surface area contributed by atoms with Crippen molar-refractivity contribution in [2.75, 3.05) is 109 Å². The number of nitrogens with one attached hydrogen (secondary N) is 1. The summed E-state index contributed by atoms with van der Waals surface area (Å²) in [7, 11) is -20.8. The molecule has 0 spiro atoms. The van der Waals surface area contributed by atoms with Crippen molar-refractivity contribution < 1.29 is 125 Å². The third kappa shape index (κ3) is 47.5. The van der Waals surface area contributed by atoms with Crippen LogP contribution in [-0.4, -0.2) is 253 Å². The third-order valence-electron chi connectivity index (χ3n) is 28.0. The number of aliphatic hydroxyl groups is 3. The summed E-state index contributed by atoms with van der Waals surface area (Å²) in [6.07, 6.45) is 33.5. The van der Waals surface area contributed by atoms with Crippen LogP contribution in [0.3, 0.4) is 0 Å². The van der Waals surface area contributed by atoms with E-state index in [0.717, 1.165) is 131 Å². The number of nitrogens with zero attached hydrogens (tertiary/aromatic N) is 12. The molecule has 0 radical (unpaired) electrons. The molecule has 0 bridgehead atoms. The van der Waals surface area contributed by atoms with Crippen molar-refractivity contribution in [1.82, 2.24) is 20.6 Å². The Morgan fingerprint density at radius 3 is 1.23 bits per heavy atom. The summed E-state index contributed by atoms with van der Waals surface area (Å²) >= 11 is 0. The Morgan fingerprint density at radius 1 is 0.393 bits per heavy atom. The predicted octanol–water partition coefficient (Wildman–Crippen LogP) is 17.0. The number of methoxy groups -OCH3 is 4. The van der Waals surface area contributed by atoms with E-state index in [2.05, 4.69) is 85.3 Å². The van der Waals surface area contributed by atoms with E-state index in [1.165, 1.54) is 68.9 Å².